The summed E-state index contributed by atoms with van der Waals surface area (Å²) in [5, 5.41) is 3.26. The molecule has 1 fully saturated rings. The summed E-state index contributed by atoms with van der Waals surface area (Å²) in [6.07, 6.45) is 4.11. The molecule has 5 heteroatoms. The molecule has 152 valence electrons. The van der Waals surface area contributed by atoms with Gasteiger partial charge in [0.15, 0.2) is 0 Å². The lowest BCUT2D eigenvalue weighted by Gasteiger charge is -2.35. The molecule has 1 atom stereocenters. The summed E-state index contributed by atoms with van der Waals surface area (Å²) in [6.45, 7) is 2.93. The second kappa shape index (κ2) is 9.23. The summed E-state index contributed by atoms with van der Waals surface area (Å²) in [4.78, 5) is 29.7. The number of rotatable bonds is 6. The van der Waals surface area contributed by atoms with Gasteiger partial charge in [-0.2, -0.15) is 0 Å². The molecule has 2 aliphatic heterocycles. The average molecular weight is 392 g/mol. The molecule has 0 spiro atoms. The summed E-state index contributed by atoms with van der Waals surface area (Å²) in [7, 11) is 0. The van der Waals surface area contributed by atoms with Crippen LogP contribution in [-0.2, 0) is 22.4 Å². The van der Waals surface area contributed by atoms with Crippen LogP contribution < -0.4 is 10.2 Å². The second-order valence-electron chi connectivity index (χ2n) is 7.90. The first-order valence-electron chi connectivity index (χ1n) is 10.7. The summed E-state index contributed by atoms with van der Waals surface area (Å²) in [5.74, 6) is 0.0945. The molecule has 29 heavy (non-hydrogen) atoms. The number of hydrogen-bond donors (Lipinski definition) is 1. The van der Waals surface area contributed by atoms with E-state index in [-0.39, 0.29) is 18.2 Å². The smallest absolute Gasteiger partial charge is 0.240 e. The van der Waals surface area contributed by atoms with Crippen molar-refractivity contribution in [3.05, 3.63) is 65.7 Å². The van der Waals surface area contributed by atoms with Gasteiger partial charge in [-0.1, -0.05) is 48.5 Å². The molecule has 2 aliphatic rings. The summed E-state index contributed by atoms with van der Waals surface area (Å²) < 4.78 is 0. The molecule has 2 aromatic carbocycles. The van der Waals surface area contributed by atoms with Crippen molar-refractivity contribution in [2.75, 3.05) is 31.1 Å². The predicted molar refractivity (Wildman–Crippen MR) is 115 cm³/mol. The lowest BCUT2D eigenvalue weighted by molar-refractivity contribution is -0.137. The third-order valence-electron chi connectivity index (χ3n) is 5.91. The van der Waals surface area contributed by atoms with E-state index < -0.39 is 6.04 Å². The lowest BCUT2D eigenvalue weighted by Crippen LogP contribution is -2.56. The molecule has 5 nitrogen and oxygen atoms in total. The standard InChI is InChI=1S/C24H29N3O2/c28-23(27-16-7-12-20-11-4-5-13-22(20)27)18-21-24(29)26(17-14-25-21)15-6-10-19-8-2-1-3-9-19/h1-5,8-9,11,13,21,25H,6-7,10,12,14-18H2. The van der Waals surface area contributed by atoms with Crippen LogP contribution in [0.3, 0.4) is 0 Å². The van der Waals surface area contributed by atoms with Crippen LogP contribution in [0.15, 0.2) is 54.6 Å². The first kappa shape index (κ1) is 19.6. The monoisotopic (exact) mass is 391 g/mol. The van der Waals surface area contributed by atoms with Gasteiger partial charge in [0, 0.05) is 31.9 Å². The van der Waals surface area contributed by atoms with E-state index >= 15 is 0 Å². The molecular weight excluding hydrogens is 362 g/mol. The highest BCUT2D eigenvalue weighted by Gasteiger charge is 2.32. The zero-order chi connectivity index (χ0) is 20.1. The number of hydrogen-bond acceptors (Lipinski definition) is 3. The van der Waals surface area contributed by atoms with Gasteiger partial charge in [-0.05, 0) is 42.9 Å². The Hall–Kier alpha value is -2.66. The Morgan fingerprint density at radius 2 is 1.83 bits per heavy atom. The predicted octanol–water partition coefficient (Wildman–Crippen LogP) is 2.79. The van der Waals surface area contributed by atoms with Crippen LogP contribution in [0.5, 0.6) is 0 Å². The van der Waals surface area contributed by atoms with Crippen molar-refractivity contribution in [3.63, 3.8) is 0 Å². The fraction of sp³-hybridized carbons (Fsp3) is 0.417. The van der Waals surface area contributed by atoms with Gasteiger partial charge >= 0.3 is 0 Å². The van der Waals surface area contributed by atoms with Gasteiger partial charge in [0.2, 0.25) is 11.8 Å². The van der Waals surface area contributed by atoms with E-state index in [1.807, 2.05) is 46.2 Å². The number of para-hydroxylation sites is 1. The van der Waals surface area contributed by atoms with E-state index in [1.165, 1.54) is 11.1 Å². The minimum atomic E-state index is -0.415. The van der Waals surface area contributed by atoms with Crippen molar-refractivity contribution in [2.45, 2.75) is 38.1 Å². The van der Waals surface area contributed by atoms with Crippen molar-refractivity contribution in [3.8, 4) is 0 Å². The zero-order valence-electron chi connectivity index (χ0n) is 16.8. The first-order valence-corrected chi connectivity index (χ1v) is 10.7. The largest absolute Gasteiger partial charge is 0.340 e. The Morgan fingerprint density at radius 3 is 2.69 bits per heavy atom. The van der Waals surface area contributed by atoms with Crippen molar-refractivity contribution in [1.82, 2.24) is 10.2 Å². The van der Waals surface area contributed by atoms with E-state index in [1.54, 1.807) is 0 Å². The van der Waals surface area contributed by atoms with Crippen LogP contribution in [0.2, 0.25) is 0 Å². The van der Waals surface area contributed by atoms with E-state index in [0.717, 1.165) is 51.0 Å². The molecule has 1 saturated heterocycles. The SMILES string of the molecule is O=C1C(CC(=O)N2CCCc3ccccc32)NCCN1CCCc1ccccc1. The summed E-state index contributed by atoms with van der Waals surface area (Å²) in [5.41, 5.74) is 3.52. The van der Waals surface area contributed by atoms with Gasteiger partial charge < -0.3 is 15.1 Å². The highest BCUT2D eigenvalue weighted by Crippen LogP contribution is 2.27. The Kier molecular flexibility index (Phi) is 6.25. The number of piperazine rings is 1. The maximum atomic E-state index is 13.0. The number of anilines is 1. The van der Waals surface area contributed by atoms with Gasteiger partial charge in [-0.15, -0.1) is 0 Å². The van der Waals surface area contributed by atoms with Crippen LogP contribution in [0.4, 0.5) is 5.69 Å². The Labute approximate surface area is 172 Å². The number of carbonyl (C=O) groups is 2. The minimum Gasteiger partial charge on any atom is -0.340 e. The van der Waals surface area contributed by atoms with Crippen LogP contribution in [0.1, 0.15) is 30.4 Å². The molecule has 0 radical (unpaired) electrons. The van der Waals surface area contributed by atoms with Crippen LogP contribution in [0, 0.1) is 0 Å². The second-order valence-corrected chi connectivity index (χ2v) is 7.90. The summed E-state index contributed by atoms with van der Waals surface area (Å²) in [6, 6.07) is 18.0. The number of fused-ring (bicyclic) bond motifs is 1. The summed E-state index contributed by atoms with van der Waals surface area (Å²) >= 11 is 0. The van der Waals surface area contributed by atoms with Gasteiger partial charge in [-0.25, -0.2) is 0 Å². The highest BCUT2D eigenvalue weighted by molar-refractivity contribution is 5.98. The number of nitrogens with one attached hydrogen (secondary N) is 1. The molecule has 2 aromatic rings. The fourth-order valence-corrected chi connectivity index (χ4v) is 4.37. The molecule has 0 aliphatic carbocycles. The van der Waals surface area contributed by atoms with E-state index in [4.69, 9.17) is 0 Å². The molecular formula is C24H29N3O2. The Balaban J connectivity index is 1.33. The third-order valence-corrected chi connectivity index (χ3v) is 5.91. The quantitative estimate of drug-likeness (QED) is 0.824. The lowest BCUT2D eigenvalue weighted by atomic mass is 10.0. The van der Waals surface area contributed by atoms with Crippen LogP contribution in [-0.4, -0.2) is 48.9 Å². The van der Waals surface area contributed by atoms with E-state index in [0.29, 0.717) is 6.54 Å². The van der Waals surface area contributed by atoms with Crippen molar-refractivity contribution >= 4 is 17.5 Å². The van der Waals surface area contributed by atoms with Crippen LogP contribution in [0.25, 0.3) is 0 Å². The topological polar surface area (TPSA) is 52.7 Å². The first-order chi connectivity index (χ1) is 14.2. The maximum Gasteiger partial charge on any atom is 0.240 e. The number of amides is 2. The molecule has 0 bridgehead atoms. The molecule has 1 N–H and O–H groups in total. The van der Waals surface area contributed by atoms with Crippen molar-refractivity contribution in [1.29, 1.82) is 0 Å². The van der Waals surface area contributed by atoms with Gasteiger partial charge in [-0.3, -0.25) is 9.59 Å². The fourth-order valence-electron chi connectivity index (χ4n) is 4.37. The Bertz CT molecular complexity index is 852. The molecule has 2 amide bonds. The third kappa shape index (κ3) is 4.67. The number of nitrogens with zero attached hydrogens (tertiary/aromatic N) is 2. The molecule has 4 rings (SSSR count). The molecule has 0 saturated carbocycles. The maximum absolute atomic E-state index is 13.0. The van der Waals surface area contributed by atoms with Crippen molar-refractivity contribution < 1.29 is 9.59 Å². The number of benzene rings is 2. The molecule has 2 heterocycles. The Morgan fingerprint density at radius 1 is 1.03 bits per heavy atom. The molecule has 1 unspecified atom stereocenters. The van der Waals surface area contributed by atoms with Gasteiger partial charge in [0.05, 0.1) is 12.5 Å². The van der Waals surface area contributed by atoms with Crippen molar-refractivity contribution in [2.24, 2.45) is 0 Å². The zero-order valence-corrected chi connectivity index (χ0v) is 16.8. The normalized spacial score (nSPS) is 19.2. The minimum absolute atomic E-state index is 0.0362. The van der Waals surface area contributed by atoms with Crippen LogP contribution >= 0.6 is 0 Å². The van der Waals surface area contributed by atoms with E-state index in [9.17, 15) is 9.59 Å². The average Bonchev–Trinajstić information content (AvgIpc) is 2.76. The number of carbonyl (C=O) groups excluding carboxylic acids is 2. The highest BCUT2D eigenvalue weighted by atomic mass is 16.2. The van der Waals surface area contributed by atoms with Gasteiger partial charge in [0.25, 0.3) is 0 Å². The van der Waals surface area contributed by atoms with Gasteiger partial charge in [0.1, 0.15) is 0 Å². The van der Waals surface area contributed by atoms with E-state index in [2.05, 4.69) is 23.5 Å². The molecule has 0 aromatic heterocycles. The number of aryl methyl sites for hydroxylation is 2.